The van der Waals surface area contributed by atoms with E-state index in [2.05, 4.69) is 42.0 Å². The van der Waals surface area contributed by atoms with Crippen LogP contribution in [0.25, 0.3) is 0 Å². The Morgan fingerprint density at radius 3 is 2.20 bits per heavy atom. The van der Waals surface area contributed by atoms with Crippen LogP contribution >= 0.6 is 0 Å². The van der Waals surface area contributed by atoms with E-state index in [1.165, 1.54) is 64.2 Å². The van der Waals surface area contributed by atoms with Gasteiger partial charge in [0.25, 0.3) is 0 Å². The summed E-state index contributed by atoms with van der Waals surface area (Å²) in [6.07, 6.45) is 16.2. The van der Waals surface area contributed by atoms with Gasteiger partial charge in [0, 0.05) is 18.5 Å². The van der Waals surface area contributed by atoms with Gasteiger partial charge in [-0.25, -0.2) is 0 Å². The summed E-state index contributed by atoms with van der Waals surface area (Å²) in [5, 5.41) is 25.9. The molecule has 1 amide bonds. The molecule has 0 aromatic heterocycles. The zero-order chi connectivity index (χ0) is 31.7. The first-order chi connectivity index (χ1) is 21.1. The highest BCUT2D eigenvalue weighted by molar-refractivity contribution is 5.76. The highest BCUT2D eigenvalue weighted by Gasteiger charge is 2.62. The number of hydrogen-bond acceptors (Lipinski definition) is 6. The second-order valence-electron chi connectivity index (χ2n) is 16.4. The van der Waals surface area contributed by atoms with Crippen LogP contribution in [0.3, 0.4) is 0 Å². The molecule has 4 aliphatic rings. The minimum Gasteiger partial charge on any atom is -0.393 e. The quantitative estimate of drug-likeness (QED) is 0.118. The monoisotopic (exact) mass is 618 g/mol. The molecule has 0 radical (unpaired) electrons. The fraction of sp³-hybridized carbons (Fsp3) is 0.973. The fourth-order valence-corrected chi connectivity index (χ4v) is 10.8. The van der Waals surface area contributed by atoms with Crippen LogP contribution in [-0.4, -0.2) is 68.5 Å². The van der Waals surface area contributed by atoms with Gasteiger partial charge in [-0.3, -0.25) is 4.79 Å². The summed E-state index contributed by atoms with van der Waals surface area (Å²) in [5.74, 6) is 3.86. The molecule has 0 aromatic rings. The number of nitrogens with two attached hydrogens (primary N) is 1. The Balaban J connectivity index is 1.20. The maximum Gasteiger partial charge on any atom is 0.220 e. The topological polar surface area (TPSA) is 111 Å². The molecule has 0 spiro atoms. The molecule has 256 valence electrons. The average Bonchev–Trinajstić information content (AvgIpc) is 3.34. The van der Waals surface area contributed by atoms with E-state index in [9.17, 15) is 9.90 Å². The molecule has 0 saturated heterocycles. The van der Waals surface area contributed by atoms with Crippen LogP contribution in [0.15, 0.2) is 0 Å². The van der Waals surface area contributed by atoms with Crippen molar-refractivity contribution in [3.8, 4) is 0 Å². The molecule has 0 bridgehead atoms. The number of aliphatic hydroxyl groups is 1. The van der Waals surface area contributed by atoms with Crippen molar-refractivity contribution in [2.45, 2.75) is 143 Å². The number of nitrogens with one attached hydrogen (secondary N) is 4. The Labute approximate surface area is 270 Å². The van der Waals surface area contributed by atoms with E-state index in [1.807, 2.05) is 13.8 Å². The highest BCUT2D eigenvalue weighted by atomic mass is 16.3. The molecule has 44 heavy (non-hydrogen) atoms. The third-order valence-electron chi connectivity index (χ3n) is 13.2. The third kappa shape index (κ3) is 8.79. The number of aliphatic hydroxyl groups excluding tert-OH is 1. The van der Waals surface area contributed by atoms with Gasteiger partial charge < -0.3 is 32.1 Å². The molecule has 7 N–H and O–H groups in total. The Kier molecular flexibility index (Phi) is 13.9. The van der Waals surface area contributed by atoms with Gasteiger partial charge in [-0.15, -0.1) is 0 Å². The minimum absolute atomic E-state index is 0.146. The van der Waals surface area contributed by atoms with Gasteiger partial charge in [0.1, 0.15) is 0 Å². The maximum atomic E-state index is 12.4. The SMILES string of the molecule is CC(C)NC(=O)CC[C@@H](C)C1CCC2C3C(CC[C@@]21C)[C@@]1(C)CC[C@H](NCCCNCCCCNCCCN)CC1C[C@@H]3O. The first-order valence-corrected chi connectivity index (χ1v) is 18.9. The fourth-order valence-electron chi connectivity index (χ4n) is 10.8. The summed E-state index contributed by atoms with van der Waals surface area (Å²) >= 11 is 0. The van der Waals surface area contributed by atoms with Crippen LogP contribution in [0.5, 0.6) is 0 Å². The molecule has 0 heterocycles. The van der Waals surface area contributed by atoms with Gasteiger partial charge in [0.2, 0.25) is 5.91 Å². The number of unbranched alkanes of at least 4 members (excludes halogenated alkanes) is 1. The van der Waals surface area contributed by atoms with Crippen LogP contribution < -0.4 is 27.0 Å². The van der Waals surface area contributed by atoms with E-state index in [-0.39, 0.29) is 18.1 Å². The lowest BCUT2D eigenvalue weighted by Crippen LogP contribution is -2.59. The zero-order valence-electron chi connectivity index (χ0n) is 29.3. The number of carbonyl (C=O) groups is 1. The Hall–Kier alpha value is -0.730. The Morgan fingerprint density at radius 2 is 1.50 bits per heavy atom. The van der Waals surface area contributed by atoms with Crippen molar-refractivity contribution in [3.05, 3.63) is 0 Å². The van der Waals surface area contributed by atoms with E-state index >= 15 is 0 Å². The lowest BCUT2D eigenvalue weighted by atomic mass is 9.43. The third-order valence-corrected chi connectivity index (χ3v) is 13.2. The summed E-state index contributed by atoms with van der Waals surface area (Å²) in [4.78, 5) is 12.4. The van der Waals surface area contributed by atoms with E-state index < -0.39 is 0 Å². The Bertz CT molecular complexity index is 871. The van der Waals surface area contributed by atoms with Gasteiger partial charge in [0.05, 0.1) is 6.10 Å². The molecule has 4 fully saturated rings. The minimum atomic E-state index is -0.146. The normalized spacial score (nSPS) is 37.3. The molecule has 5 unspecified atom stereocenters. The Morgan fingerprint density at radius 1 is 0.841 bits per heavy atom. The van der Waals surface area contributed by atoms with Gasteiger partial charge in [-0.1, -0.05) is 20.8 Å². The van der Waals surface area contributed by atoms with E-state index in [0.717, 1.165) is 58.5 Å². The van der Waals surface area contributed by atoms with Crippen LogP contribution in [0, 0.1) is 46.3 Å². The second kappa shape index (κ2) is 16.9. The lowest BCUT2D eigenvalue weighted by molar-refractivity contribution is -0.167. The molecule has 4 aliphatic carbocycles. The van der Waals surface area contributed by atoms with Crippen LogP contribution in [0.4, 0.5) is 0 Å². The van der Waals surface area contributed by atoms with Crippen LogP contribution in [-0.2, 0) is 4.79 Å². The van der Waals surface area contributed by atoms with E-state index in [4.69, 9.17) is 5.73 Å². The standard InChI is InChI=1S/C37H71N5O2/c1-26(2)42-34(44)13-10-27(3)30-11-12-31-35-32(15-17-37(30,31)5)36(4)16-14-29(24-28(36)25-33(35)43)41-23-9-22-40-20-7-6-19-39-21-8-18-38/h26-33,35,39-41,43H,6-25,38H2,1-5H3,(H,42,44)/t27-,28?,29+,30?,31?,32?,33+,35?,36+,37-/m1/s1. The highest BCUT2D eigenvalue weighted by Crippen LogP contribution is 2.68. The van der Waals surface area contributed by atoms with Crippen molar-refractivity contribution in [3.63, 3.8) is 0 Å². The predicted octanol–water partition coefficient (Wildman–Crippen LogP) is 5.21. The van der Waals surface area contributed by atoms with Crippen molar-refractivity contribution in [2.75, 3.05) is 39.3 Å². The summed E-state index contributed by atoms with van der Waals surface area (Å²) in [6, 6.07) is 0.822. The summed E-state index contributed by atoms with van der Waals surface area (Å²) < 4.78 is 0. The van der Waals surface area contributed by atoms with Crippen molar-refractivity contribution in [1.29, 1.82) is 0 Å². The molecule has 10 atom stereocenters. The summed E-state index contributed by atoms with van der Waals surface area (Å²) in [7, 11) is 0. The molecule has 7 nitrogen and oxygen atoms in total. The van der Waals surface area contributed by atoms with E-state index in [1.54, 1.807) is 0 Å². The van der Waals surface area contributed by atoms with Crippen LogP contribution in [0.2, 0.25) is 0 Å². The number of fused-ring (bicyclic) bond motifs is 5. The number of rotatable bonds is 18. The van der Waals surface area contributed by atoms with Crippen molar-refractivity contribution < 1.29 is 9.90 Å². The summed E-state index contributed by atoms with van der Waals surface area (Å²) in [6.45, 7) is 17.9. The smallest absolute Gasteiger partial charge is 0.220 e. The molecule has 0 aliphatic heterocycles. The number of hydrogen-bond donors (Lipinski definition) is 6. The molecular weight excluding hydrogens is 546 g/mol. The second-order valence-corrected chi connectivity index (χ2v) is 16.4. The van der Waals surface area contributed by atoms with Crippen molar-refractivity contribution >= 4 is 5.91 Å². The molecular formula is C37H71N5O2. The molecule has 7 heteroatoms. The molecule has 4 saturated carbocycles. The molecule has 0 aromatic carbocycles. The number of amides is 1. The van der Waals surface area contributed by atoms with Crippen LogP contribution in [0.1, 0.15) is 125 Å². The first-order valence-electron chi connectivity index (χ1n) is 18.9. The largest absolute Gasteiger partial charge is 0.393 e. The van der Waals surface area contributed by atoms with Crippen molar-refractivity contribution in [1.82, 2.24) is 21.3 Å². The van der Waals surface area contributed by atoms with E-state index in [0.29, 0.717) is 58.8 Å². The van der Waals surface area contributed by atoms with Gasteiger partial charge in [0.15, 0.2) is 0 Å². The van der Waals surface area contributed by atoms with Gasteiger partial charge in [-0.05, 0) is 183 Å². The first kappa shape index (κ1) is 36.1. The lowest BCUT2D eigenvalue weighted by Gasteiger charge is -2.62. The predicted molar refractivity (Wildman–Crippen MR) is 183 cm³/mol. The maximum absolute atomic E-state index is 12.4. The number of carbonyl (C=O) groups excluding carboxylic acids is 1. The zero-order valence-corrected chi connectivity index (χ0v) is 29.3. The summed E-state index contributed by atoms with van der Waals surface area (Å²) in [5.41, 5.74) is 6.23. The van der Waals surface area contributed by atoms with Gasteiger partial charge >= 0.3 is 0 Å². The van der Waals surface area contributed by atoms with Crippen molar-refractivity contribution in [2.24, 2.45) is 52.1 Å². The van der Waals surface area contributed by atoms with Gasteiger partial charge in [-0.2, -0.15) is 0 Å². The molecule has 4 rings (SSSR count). The average molecular weight is 618 g/mol.